The van der Waals surface area contributed by atoms with Crippen LogP contribution in [0.2, 0.25) is 0 Å². The van der Waals surface area contributed by atoms with Gasteiger partial charge in [0.05, 0.1) is 17.7 Å². The lowest BCUT2D eigenvalue weighted by Gasteiger charge is -2.37. The highest BCUT2D eigenvalue weighted by Gasteiger charge is 2.34. The van der Waals surface area contributed by atoms with E-state index in [1.807, 2.05) is 4.90 Å². The fourth-order valence-electron chi connectivity index (χ4n) is 3.19. The van der Waals surface area contributed by atoms with Gasteiger partial charge in [0.2, 0.25) is 5.91 Å². The molecule has 2 fully saturated rings. The van der Waals surface area contributed by atoms with Gasteiger partial charge in [-0.05, 0) is 24.6 Å². The summed E-state index contributed by atoms with van der Waals surface area (Å²) in [5.41, 5.74) is -0.144. The molecular formula is C16H20F3N3O2. The van der Waals surface area contributed by atoms with Gasteiger partial charge in [-0.3, -0.25) is 4.79 Å². The molecule has 1 amide bonds. The number of anilines is 1. The Kier molecular flexibility index (Phi) is 4.69. The van der Waals surface area contributed by atoms with E-state index in [9.17, 15) is 23.1 Å². The van der Waals surface area contributed by atoms with E-state index >= 15 is 0 Å². The molecule has 0 spiro atoms. The number of aliphatic hydroxyl groups is 1. The summed E-state index contributed by atoms with van der Waals surface area (Å²) < 4.78 is 38.4. The number of amides is 1. The van der Waals surface area contributed by atoms with Crippen molar-refractivity contribution in [2.75, 3.05) is 37.6 Å². The van der Waals surface area contributed by atoms with E-state index < -0.39 is 17.8 Å². The topological polar surface area (TPSA) is 55.8 Å². The molecule has 1 aromatic rings. The summed E-state index contributed by atoms with van der Waals surface area (Å²) in [5, 5.41) is 12.5. The third-order valence-electron chi connectivity index (χ3n) is 4.54. The zero-order valence-corrected chi connectivity index (χ0v) is 13.1. The summed E-state index contributed by atoms with van der Waals surface area (Å²) in [7, 11) is 0. The van der Waals surface area contributed by atoms with Gasteiger partial charge in [0.25, 0.3) is 0 Å². The molecule has 2 aliphatic heterocycles. The van der Waals surface area contributed by atoms with Crippen molar-refractivity contribution in [2.45, 2.75) is 24.7 Å². The SMILES string of the molecule is O=C(C1CC(O)CN1)N1CCN(c2cccc(C(F)(F)F)c2)CC1. The molecule has 2 saturated heterocycles. The molecule has 2 N–H and O–H groups in total. The van der Waals surface area contributed by atoms with Crippen LogP contribution in [0.15, 0.2) is 24.3 Å². The monoisotopic (exact) mass is 343 g/mol. The number of rotatable bonds is 2. The highest BCUT2D eigenvalue weighted by molar-refractivity contribution is 5.82. The van der Waals surface area contributed by atoms with Crippen LogP contribution in [-0.4, -0.2) is 60.8 Å². The van der Waals surface area contributed by atoms with Crippen LogP contribution in [0.5, 0.6) is 0 Å². The molecule has 0 aliphatic carbocycles. The molecule has 2 aliphatic rings. The summed E-state index contributed by atoms with van der Waals surface area (Å²) in [6.07, 6.45) is -4.44. The van der Waals surface area contributed by atoms with Crippen molar-refractivity contribution in [2.24, 2.45) is 0 Å². The predicted molar refractivity (Wildman–Crippen MR) is 82.7 cm³/mol. The molecule has 2 atom stereocenters. The van der Waals surface area contributed by atoms with Gasteiger partial charge in [-0.15, -0.1) is 0 Å². The van der Waals surface area contributed by atoms with Gasteiger partial charge in [-0.2, -0.15) is 13.2 Å². The Morgan fingerprint density at radius 2 is 1.92 bits per heavy atom. The van der Waals surface area contributed by atoms with Crippen molar-refractivity contribution in [3.63, 3.8) is 0 Å². The van der Waals surface area contributed by atoms with Crippen LogP contribution in [0.4, 0.5) is 18.9 Å². The summed E-state index contributed by atoms with van der Waals surface area (Å²) >= 11 is 0. The Bertz CT molecular complexity index is 600. The van der Waals surface area contributed by atoms with Gasteiger partial charge in [0.15, 0.2) is 0 Å². The van der Waals surface area contributed by atoms with Gasteiger partial charge < -0.3 is 20.2 Å². The predicted octanol–water partition coefficient (Wildman–Crippen LogP) is 1.08. The average molecular weight is 343 g/mol. The minimum absolute atomic E-state index is 0.0461. The summed E-state index contributed by atoms with van der Waals surface area (Å²) in [6, 6.07) is 4.90. The smallest absolute Gasteiger partial charge is 0.392 e. The second-order valence-corrected chi connectivity index (χ2v) is 6.21. The molecule has 3 rings (SSSR count). The quantitative estimate of drug-likeness (QED) is 0.844. The van der Waals surface area contributed by atoms with Crippen LogP contribution in [0.1, 0.15) is 12.0 Å². The Hall–Kier alpha value is -1.80. The number of nitrogens with one attached hydrogen (secondary N) is 1. The van der Waals surface area contributed by atoms with Crippen molar-refractivity contribution < 1.29 is 23.1 Å². The van der Waals surface area contributed by atoms with E-state index in [-0.39, 0.29) is 11.9 Å². The van der Waals surface area contributed by atoms with Crippen LogP contribution in [-0.2, 0) is 11.0 Å². The molecule has 0 bridgehead atoms. The molecule has 0 saturated carbocycles. The van der Waals surface area contributed by atoms with Gasteiger partial charge >= 0.3 is 6.18 Å². The molecule has 5 nitrogen and oxygen atoms in total. The van der Waals surface area contributed by atoms with Crippen molar-refractivity contribution in [3.05, 3.63) is 29.8 Å². The number of benzene rings is 1. The van der Waals surface area contributed by atoms with Gasteiger partial charge in [-0.1, -0.05) is 6.07 Å². The number of hydrogen-bond acceptors (Lipinski definition) is 4. The van der Waals surface area contributed by atoms with Gasteiger partial charge in [0.1, 0.15) is 0 Å². The second-order valence-electron chi connectivity index (χ2n) is 6.21. The van der Waals surface area contributed by atoms with E-state index in [1.165, 1.54) is 6.07 Å². The first-order chi connectivity index (χ1) is 11.3. The van der Waals surface area contributed by atoms with Crippen molar-refractivity contribution in [3.8, 4) is 0 Å². The molecule has 132 valence electrons. The van der Waals surface area contributed by atoms with Crippen LogP contribution < -0.4 is 10.2 Å². The maximum atomic E-state index is 12.8. The lowest BCUT2D eigenvalue weighted by Crippen LogP contribution is -2.53. The fraction of sp³-hybridized carbons (Fsp3) is 0.562. The van der Waals surface area contributed by atoms with Crippen molar-refractivity contribution in [1.29, 1.82) is 0 Å². The van der Waals surface area contributed by atoms with Crippen molar-refractivity contribution in [1.82, 2.24) is 10.2 Å². The molecule has 24 heavy (non-hydrogen) atoms. The van der Waals surface area contributed by atoms with E-state index in [2.05, 4.69) is 5.32 Å². The number of hydrogen-bond donors (Lipinski definition) is 2. The Morgan fingerprint density at radius 3 is 2.50 bits per heavy atom. The Balaban J connectivity index is 1.60. The van der Waals surface area contributed by atoms with E-state index in [0.29, 0.717) is 44.8 Å². The lowest BCUT2D eigenvalue weighted by molar-refractivity contribution is -0.137. The minimum atomic E-state index is -4.36. The third kappa shape index (κ3) is 3.64. The third-order valence-corrected chi connectivity index (χ3v) is 4.54. The number of carbonyl (C=O) groups is 1. The first-order valence-corrected chi connectivity index (χ1v) is 7.97. The summed E-state index contributed by atoms with van der Waals surface area (Å²) in [4.78, 5) is 15.9. The highest BCUT2D eigenvalue weighted by Crippen LogP contribution is 2.31. The van der Waals surface area contributed by atoms with Gasteiger partial charge in [0, 0.05) is 38.4 Å². The zero-order valence-electron chi connectivity index (χ0n) is 13.1. The number of piperazine rings is 1. The Labute approximate surface area is 138 Å². The van der Waals surface area contributed by atoms with E-state index in [0.717, 1.165) is 12.1 Å². The van der Waals surface area contributed by atoms with Crippen molar-refractivity contribution >= 4 is 11.6 Å². The average Bonchev–Trinajstić information content (AvgIpc) is 3.00. The number of nitrogens with zero attached hydrogens (tertiary/aromatic N) is 2. The summed E-state index contributed by atoms with van der Waals surface area (Å²) in [6.45, 7) is 2.32. The minimum Gasteiger partial charge on any atom is -0.392 e. The Morgan fingerprint density at radius 1 is 1.21 bits per heavy atom. The fourth-order valence-corrected chi connectivity index (χ4v) is 3.19. The van der Waals surface area contributed by atoms with Crippen LogP contribution in [0, 0.1) is 0 Å². The molecule has 8 heteroatoms. The van der Waals surface area contributed by atoms with E-state index in [4.69, 9.17) is 0 Å². The number of halogens is 3. The molecule has 2 unspecified atom stereocenters. The van der Waals surface area contributed by atoms with E-state index in [1.54, 1.807) is 11.0 Å². The second kappa shape index (κ2) is 6.60. The van der Waals surface area contributed by atoms with Gasteiger partial charge in [-0.25, -0.2) is 0 Å². The highest BCUT2D eigenvalue weighted by atomic mass is 19.4. The number of aliphatic hydroxyl groups excluding tert-OH is 1. The maximum absolute atomic E-state index is 12.8. The van der Waals surface area contributed by atoms with Crippen LogP contribution >= 0.6 is 0 Å². The number of alkyl halides is 3. The molecular weight excluding hydrogens is 323 g/mol. The molecule has 2 heterocycles. The lowest BCUT2D eigenvalue weighted by atomic mass is 10.1. The standard InChI is InChI=1S/C16H20F3N3O2/c17-16(18,19)11-2-1-3-12(8-11)21-4-6-22(7-5-21)15(24)14-9-13(23)10-20-14/h1-3,8,13-14,20,23H,4-7,9-10H2. The maximum Gasteiger partial charge on any atom is 0.416 e. The molecule has 0 radical (unpaired) electrons. The molecule has 1 aromatic carbocycles. The first kappa shape index (κ1) is 17.0. The number of carbonyl (C=O) groups excluding carboxylic acids is 1. The largest absolute Gasteiger partial charge is 0.416 e. The van der Waals surface area contributed by atoms with Crippen LogP contribution in [0.25, 0.3) is 0 Å². The normalized spacial score (nSPS) is 25.2. The molecule has 0 aromatic heterocycles. The summed E-state index contributed by atoms with van der Waals surface area (Å²) in [5.74, 6) is -0.0461. The first-order valence-electron chi connectivity index (χ1n) is 7.97. The number of β-amino-alcohol motifs (C(OH)–C–C–N with tert-alkyl or cyclic N) is 1. The zero-order chi connectivity index (χ0) is 17.3. The van der Waals surface area contributed by atoms with Crippen LogP contribution in [0.3, 0.4) is 0 Å².